The molecule has 0 radical (unpaired) electrons. The van der Waals surface area contributed by atoms with E-state index in [1.165, 1.54) is 129 Å². The van der Waals surface area contributed by atoms with Crippen molar-refractivity contribution in [3.63, 3.8) is 0 Å². The van der Waals surface area contributed by atoms with Crippen LogP contribution in [0.3, 0.4) is 0 Å². The summed E-state index contributed by atoms with van der Waals surface area (Å²) in [6, 6.07) is 0. The first-order chi connectivity index (χ1) is 12.8. The molecule has 2 aliphatic rings. The molecule has 1 nitrogen and oxygen atoms in total. The van der Waals surface area contributed by atoms with E-state index in [1.807, 2.05) is 0 Å². The number of likely N-dealkylation sites (tertiary alicyclic amines) is 1. The van der Waals surface area contributed by atoms with Gasteiger partial charge in [-0.2, -0.15) is 0 Å². The van der Waals surface area contributed by atoms with Crippen LogP contribution in [0.25, 0.3) is 0 Å². The second kappa shape index (κ2) is 14.0. The minimum atomic E-state index is 0.961. The molecule has 1 aliphatic carbocycles. The molecule has 1 atom stereocenters. The Balaban J connectivity index is 1.69. The summed E-state index contributed by atoms with van der Waals surface area (Å²) in [5, 5.41) is 0. The highest BCUT2D eigenvalue weighted by atomic mass is 15.1. The van der Waals surface area contributed by atoms with Gasteiger partial charge in [0, 0.05) is 6.54 Å². The second-order valence-electron chi connectivity index (χ2n) is 9.74. The Hall–Kier alpha value is -0.0400. The number of piperidine rings is 1. The Morgan fingerprint density at radius 2 is 1.23 bits per heavy atom. The van der Waals surface area contributed by atoms with Crippen LogP contribution < -0.4 is 0 Å². The van der Waals surface area contributed by atoms with Crippen LogP contribution in [-0.2, 0) is 0 Å². The zero-order chi connectivity index (χ0) is 18.5. The maximum atomic E-state index is 2.84. The average molecular weight is 364 g/mol. The first kappa shape index (κ1) is 22.3. The molecule has 0 bridgehead atoms. The lowest BCUT2D eigenvalue weighted by Crippen LogP contribution is -2.38. The van der Waals surface area contributed by atoms with Crippen molar-refractivity contribution in [2.45, 2.75) is 123 Å². The van der Waals surface area contributed by atoms with Gasteiger partial charge in [-0.3, -0.25) is 0 Å². The molecule has 0 spiro atoms. The van der Waals surface area contributed by atoms with Crippen molar-refractivity contribution in [1.29, 1.82) is 0 Å². The van der Waals surface area contributed by atoms with Crippen LogP contribution in [0.5, 0.6) is 0 Å². The number of hydrogen-bond acceptors (Lipinski definition) is 1. The molecule has 1 heterocycles. The lowest BCUT2D eigenvalue weighted by Gasteiger charge is -2.37. The number of rotatable bonds is 6. The van der Waals surface area contributed by atoms with Crippen molar-refractivity contribution in [1.82, 2.24) is 4.90 Å². The summed E-state index contributed by atoms with van der Waals surface area (Å²) in [7, 11) is 0. The van der Waals surface area contributed by atoms with Gasteiger partial charge < -0.3 is 4.90 Å². The van der Waals surface area contributed by atoms with Gasteiger partial charge in [-0.1, -0.05) is 97.3 Å². The van der Waals surface area contributed by atoms with E-state index < -0.39 is 0 Å². The fourth-order valence-electron chi connectivity index (χ4n) is 5.44. The zero-order valence-corrected chi connectivity index (χ0v) is 18.3. The summed E-state index contributed by atoms with van der Waals surface area (Å²) in [5.74, 6) is 2.96. The van der Waals surface area contributed by atoms with Crippen molar-refractivity contribution >= 4 is 0 Å². The number of unbranched alkanes of at least 4 members (excludes halogenated alkanes) is 1. The summed E-state index contributed by atoms with van der Waals surface area (Å²) in [6.07, 6.45) is 25.2. The molecule has 0 aromatic rings. The van der Waals surface area contributed by atoms with E-state index in [0.717, 1.165) is 17.8 Å². The van der Waals surface area contributed by atoms with Crippen molar-refractivity contribution in [2.75, 3.05) is 19.6 Å². The van der Waals surface area contributed by atoms with Crippen molar-refractivity contribution in [2.24, 2.45) is 17.8 Å². The standard InChI is InChI=1S/C25H49N/c1-3-4-15-23(2)25-18-20-26(21-19-25)22-24-16-13-11-9-7-5-6-8-10-12-14-17-24/h23-25H,3-22H2,1-2H3. The first-order valence-electron chi connectivity index (χ1n) is 12.5. The molecular formula is C25H49N. The topological polar surface area (TPSA) is 3.24 Å². The highest BCUT2D eigenvalue weighted by Crippen LogP contribution is 2.30. The quantitative estimate of drug-likeness (QED) is 0.464. The maximum absolute atomic E-state index is 2.84. The molecule has 2 fully saturated rings. The number of hydrogen-bond donors (Lipinski definition) is 0. The van der Waals surface area contributed by atoms with E-state index in [1.54, 1.807) is 0 Å². The predicted molar refractivity (Wildman–Crippen MR) is 117 cm³/mol. The highest BCUT2D eigenvalue weighted by molar-refractivity contribution is 4.78. The molecule has 26 heavy (non-hydrogen) atoms. The molecule has 0 amide bonds. The van der Waals surface area contributed by atoms with Crippen molar-refractivity contribution in [3.8, 4) is 0 Å². The molecule has 0 N–H and O–H groups in total. The molecule has 2 rings (SSSR count). The fraction of sp³-hybridized carbons (Fsp3) is 1.00. The molecule has 1 unspecified atom stereocenters. The van der Waals surface area contributed by atoms with Crippen LogP contribution in [0.15, 0.2) is 0 Å². The Morgan fingerprint density at radius 3 is 1.73 bits per heavy atom. The Labute approximate surface area is 165 Å². The van der Waals surface area contributed by atoms with Gasteiger partial charge >= 0.3 is 0 Å². The van der Waals surface area contributed by atoms with Crippen LogP contribution in [0, 0.1) is 17.8 Å². The Kier molecular flexibility index (Phi) is 12.0. The van der Waals surface area contributed by atoms with E-state index in [0.29, 0.717) is 0 Å². The molecule has 1 heteroatoms. The lowest BCUT2D eigenvalue weighted by atomic mass is 9.82. The first-order valence-corrected chi connectivity index (χ1v) is 12.5. The summed E-state index contributed by atoms with van der Waals surface area (Å²) >= 11 is 0. The smallest absolute Gasteiger partial charge is 0.000966 e. The second-order valence-corrected chi connectivity index (χ2v) is 9.74. The van der Waals surface area contributed by atoms with E-state index >= 15 is 0 Å². The summed E-state index contributed by atoms with van der Waals surface area (Å²) < 4.78 is 0. The van der Waals surface area contributed by atoms with Gasteiger partial charge in [-0.05, 0) is 56.5 Å². The monoisotopic (exact) mass is 363 g/mol. The average Bonchev–Trinajstić information content (AvgIpc) is 2.69. The third kappa shape index (κ3) is 9.25. The van der Waals surface area contributed by atoms with Crippen molar-refractivity contribution in [3.05, 3.63) is 0 Å². The molecule has 0 aromatic carbocycles. The van der Waals surface area contributed by atoms with Gasteiger partial charge in [0.05, 0.1) is 0 Å². The zero-order valence-electron chi connectivity index (χ0n) is 18.3. The fourth-order valence-corrected chi connectivity index (χ4v) is 5.44. The van der Waals surface area contributed by atoms with E-state index in [-0.39, 0.29) is 0 Å². The van der Waals surface area contributed by atoms with E-state index in [4.69, 9.17) is 0 Å². The van der Waals surface area contributed by atoms with E-state index in [2.05, 4.69) is 18.7 Å². The molecule has 1 saturated heterocycles. The highest BCUT2D eigenvalue weighted by Gasteiger charge is 2.24. The Morgan fingerprint density at radius 1 is 0.731 bits per heavy atom. The van der Waals surface area contributed by atoms with Gasteiger partial charge in [0.25, 0.3) is 0 Å². The third-order valence-corrected chi connectivity index (χ3v) is 7.44. The minimum Gasteiger partial charge on any atom is -0.303 e. The molecule has 1 saturated carbocycles. The molecule has 0 aromatic heterocycles. The Bertz CT molecular complexity index is 304. The van der Waals surface area contributed by atoms with E-state index in [9.17, 15) is 0 Å². The van der Waals surface area contributed by atoms with Gasteiger partial charge in [0.15, 0.2) is 0 Å². The lowest BCUT2D eigenvalue weighted by molar-refractivity contribution is 0.125. The normalized spacial score (nSPS) is 25.2. The van der Waals surface area contributed by atoms with Gasteiger partial charge in [0.1, 0.15) is 0 Å². The van der Waals surface area contributed by atoms with Crippen molar-refractivity contribution < 1.29 is 0 Å². The molecular weight excluding hydrogens is 314 g/mol. The van der Waals surface area contributed by atoms with Gasteiger partial charge in [0.2, 0.25) is 0 Å². The maximum Gasteiger partial charge on any atom is 0.000966 e. The minimum absolute atomic E-state index is 0.961. The van der Waals surface area contributed by atoms with Crippen LogP contribution in [0.1, 0.15) is 123 Å². The third-order valence-electron chi connectivity index (χ3n) is 7.44. The van der Waals surface area contributed by atoms with Gasteiger partial charge in [-0.25, -0.2) is 0 Å². The van der Waals surface area contributed by atoms with Crippen LogP contribution in [-0.4, -0.2) is 24.5 Å². The molecule has 154 valence electrons. The van der Waals surface area contributed by atoms with Crippen LogP contribution >= 0.6 is 0 Å². The summed E-state index contributed by atoms with van der Waals surface area (Å²) in [4.78, 5) is 2.84. The molecule has 1 aliphatic heterocycles. The van der Waals surface area contributed by atoms with Crippen LogP contribution in [0.4, 0.5) is 0 Å². The summed E-state index contributed by atoms with van der Waals surface area (Å²) in [6.45, 7) is 9.04. The number of nitrogens with zero attached hydrogens (tertiary/aromatic N) is 1. The van der Waals surface area contributed by atoms with Gasteiger partial charge in [-0.15, -0.1) is 0 Å². The largest absolute Gasteiger partial charge is 0.303 e. The van der Waals surface area contributed by atoms with Crippen LogP contribution in [0.2, 0.25) is 0 Å². The SMILES string of the molecule is CCCCC(C)C1CCN(CC2CCCCCCCCCCCC2)CC1. The predicted octanol–water partition coefficient (Wildman–Crippen LogP) is 7.84. The summed E-state index contributed by atoms with van der Waals surface area (Å²) in [5.41, 5.74) is 0.